The van der Waals surface area contributed by atoms with Crippen molar-refractivity contribution in [1.82, 2.24) is 20.4 Å². The summed E-state index contributed by atoms with van der Waals surface area (Å²) in [6.07, 6.45) is 8.89. The minimum atomic E-state index is 0. The van der Waals surface area contributed by atoms with Crippen LogP contribution >= 0.6 is 24.0 Å². The van der Waals surface area contributed by atoms with Gasteiger partial charge in [0.1, 0.15) is 0 Å². The standard InChI is InChI=1S/C18H25N5.HI/c1-2-19-18(22-16-6-3-4-7-16)20-14-15-8-10-17(11-9-15)23-13-5-12-21-23;/h5,8-13,16H,2-4,6-7,14H2,1H3,(H2,19,20,22);1H. The first-order valence-corrected chi connectivity index (χ1v) is 8.49. The van der Waals surface area contributed by atoms with Gasteiger partial charge >= 0.3 is 0 Å². The lowest BCUT2D eigenvalue weighted by Crippen LogP contribution is -2.42. The van der Waals surface area contributed by atoms with Crippen LogP contribution in [0.2, 0.25) is 0 Å². The van der Waals surface area contributed by atoms with E-state index in [1.807, 2.05) is 16.9 Å². The Morgan fingerprint density at radius 2 is 2.00 bits per heavy atom. The van der Waals surface area contributed by atoms with Gasteiger partial charge in [0.15, 0.2) is 5.96 Å². The summed E-state index contributed by atoms with van der Waals surface area (Å²) in [6.45, 7) is 3.67. The van der Waals surface area contributed by atoms with Crippen LogP contribution in [0.25, 0.3) is 5.69 Å². The molecule has 0 radical (unpaired) electrons. The van der Waals surface area contributed by atoms with Crippen molar-refractivity contribution in [2.24, 2.45) is 4.99 Å². The van der Waals surface area contributed by atoms with E-state index < -0.39 is 0 Å². The molecule has 2 aromatic rings. The summed E-state index contributed by atoms with van der Waals surface area (Å²) >= 11 is 0. The third-order valence-corrected chi connectivity index (χ3v) is 4.17. The Morgan fingerprint density at radius 1 is 1.25 bits per heavy atom. The molecule has 0 amide bonds. The largest absolute Gasteiger partial charge is 0.357 e. The molecule has 0 spiro atoms. The molecule has 1 saturated carbocycles. The number of rotatable bonds is 5. The molecule has 0 bridgehead atoms. The smallest absolute Gasteiger partial charge is 0.191 e. The van der Waals surface area contributed by atoms with E-state index in [2.05, 4.69) is 46.9 Å². The zero-order valence-electron chi connectivity index (χ0n) is 14.1. The van der Waals surface area contributed by atoms with Crippen molar-refractivity contribution >= 4 is 29.9 Å². The van der Waals surface area contributed by atoms with Gasteiger partial charge in [-0.3, -0.25) is 0 Å². The quantitative estimate of drug-likeness (QED) is 0.426. The lowest BCUT2D eigenvalue weighted by atomic mass is 10.2. The van der Waals surface area contributed by atoms with Gasteiger partial charge in [-0.25, -0.2) is 9.67 Å². The van der Waals surface area contributed by atoms with Crippen molar-refractivity contribution in [1.29, 1.82) is 0 Å². The van der Waals surface area contributed by atoms with E-state index in [0.717, 1.165) is 18.2 Å². The molecule has 24 heavy (non-hydrogen) atoms. The molecule has 3 rings (SSSR count). The van der Waals surface area contributed by atoms with E-state index in [9.17, 15) is 0 Å². The summed E-state index contributed by atoms with van der Waals surface area (Å²) in [5.74, 6) is 0.926. The van der Waals surface area contributed by atoms with Crippen LogP contribution in [-0.2, 0) is 6.54 Å². The Bertz CT molecular complexity index is 615. The maximum absolute atomic E-state index is 4.71. The predicted molar refractivity (Wildman–Crippen MR) is 109 cm³/mol. The molecule has 1 aliphatic carbocycles. The molecule has 2 N–H and O–H groups in total. The van der Waals surface area contributed by atoms with Gasteiger partial charge in [-0.2, -0.15) is 5.10 Å². The summed E-state index contributed by atoms with van der Waals surface area (Å²) in [7, 11) is 0. The van der Waals surface area contributed by atoms with Gasteiger partial charge in [-0.05, 0) is 43.5 Å². The van der Waals surface area contributed by atoms with Crippen LogP contribution in [0.3, 0.4) is 0 Å². The van der Waals surface area contributed by atoms with Gasteiger partial charge in [0, 0.05) is 25.0 Å². The highest BCUT2D eigenvalue weighted by atomic mass is 127. The second-order valence-corrected chi connectivity index (χ2v) is 5.94. The SMILES string of the molecule is CCNC(=NCc1ccc(-n2cccn2)cc1)NC1CCCC1.I. The van der Waals surface area contributed by atoms with Gasteiger partial charge in [0.05, 0.1) is 12.2 Å². The second-order valence-electron chi connectivity index (χ2n) is 5.94. The Kier molecular flexibility index (Phi) is 7.55. The van der Waals surface area contributed by atoms with Crippen molar-refractivity contribution in [3.63, 3.8) is 0 Å². The fourth-order valence-corrected chi connectivity index (χ4v) is 2.93. The van der Waals surface area contributed by atoms with Crippen molar-refractivity contribution in [2.75, 3.05) is 6.54 Å². The van der Waals surface area contributed by atoms with E-state index in [4.69, 9.17) is 4.99 Å². The molecule has 6 heteroatoms. The van der Waals surface area contributed by atoms with Crippen molar-refractivity contribution < 1.29 is 0 Å². The van der Waals surface area contributed by atoms with Crippen molar-refractivity contribution in [2.45, 2.75) is 45.2 Å². The Balaban J connectivity index is 0.00000208. The van der Waals surface area contributed by atoms with Crippen LogP contribution in [0.15, 0.2) is 47.7 Å². The molecule has 5 nitrogen and oxygen atoms in total. The Hall–Kier alpha value is -1.57. The summed E-state index contributed by atoms with van der Waals surface area (Å²) in [6, 6.07) is 10.9. The molecule has 1 aromatic heterocycles. The molecule has 1 aromatic carbocycles. The van der Waals surface area contributed by atoms with Crippen LogP contribution in [0, 0.1) is 0 Å². The normalized spacial score (nSPS) is 15.1. The van der Waals surface area contributed by atoms with E-state index >= 15 is 0 Å². The molecule has 130 valence electrons. The highest BCUT2D eigenvalue weighted by molar-refractivity contribution is 14.0. The minimum absolute atomic E-state index is 0. The molecule has 1 heterocycles. The second kappa shape index (κ2) is 9.66. The third kappa shape index (κ3) is 5.22. The highest BCUT2D eigenvalue weighted by Crippen LogP contribution is 2.17. The third-order valence-electron chi connectivity index (χ3n) is 4.17. The predicted octanol–water partition coefficient (Wildman–Crippen LogP) is 3.49. The number of nitrogens with one attached hydrogen (secondary N) is 2. The minimum Gasteiger partial charge on any atom is -0.357 e. The van der Waals surface area contributed by atoms with E-state index in [1.165, 1.54) is 31.2 Å². The molecule has 0 saturated heterocycles. The molecule has 0 unspecified atom stereocenters. The first-order chi connectivity index (χ1) is 11.3. The number of aliphatic imine (C=N–C) groups is 1. The van der Waals surface area contributed by atoms with E-state index in [1.54, 1.807) is 6.20 Å². The number of hydrogen-bond donors (Lipinski definition) is 2. The maximum atomic E-state index is 4.71. The monoisotopic (exact) mass is 439 g/mol. The summed E-state index contributed by atoms with van der Waals surface area (Å²) < 4.78 is 1.86. The van der Waals surface area contributed by atoms with Gasteiger partial charge in [-0.1, -0.05) is 25.0 Å². The Morgan fingerprint density at radius 3 is 2.62 bits per heavy atom. The zero-order valence-corrected chi connectivity index (χ0v) is 16.4. The van der Waals surface area contributed by atoms with Gasteiger partial charge in [-0.15, -0.1) is 24.0 Å². The molecule has 0 atom stereocenters. The van der Waals surface area contributed by atoms with Gasteiger partial charge in [0.25, 0.3) is 0 Å². The van der Waals surface area contributed by atoms with Crippen LogP contribution in [0.5, 0.6) is 0 Å². The van der Waals surface area contributed by atoms with Crippen LogP contribution in [0.1, 0.15) is 38.2 Å². The number of guanidine groups is 1. The van der Waals surface area contributed by atoms with Gasteiger partial charge < -0.3 is 10.6 Å². The maximum Gasteiger partial charge on any atom is 0.191 e. The van der Waals surface area contributed by atoms with Crippen molar-refractivity contribution in [3.8, 4) is 5.69 Å². The van der Waals surface area contributed by atoms with Crippen LogP contribution in [0.4, 0.5) is 0 Å². The fourth-order valence-electron chi connectivity index (χ4n) is 2.93. The summed E-state index contributed by atoms with van der Waals surface area (Å²) in [5, 5.41) is 11.1. The molecule has 1 fully saturated rings. The summed E-state index contributed by atoms with van der Waals surface area (Å²) in [4.78, 5) is 4.71. The topological polar surface area (TPSA) is 54.2 Å². The number of benzene rings is 1. The molecule has 1 aliphatic rings. The van der Waals surface area contributed by atoms with Crippen LogP contribution in [-0.4, -0.2) is 28.3 Å². The van der Waals surface area contributed by atoms with Gasteiger partial charge in [0.2, 0.25) is 0 Å². The molecule has 0 aliphatic heterocycles. The number of halogens is 1. The van der Waals surface area contributed by atoms with E-state index in [0.29, 0.717) is 12.6 Å². The first-order valence-electron chi connectivity index (χ1n) is 8.49. The summed E-state index contributed by atoms with van der Waals surface area (Å²) in [5.41, 5.74) is 2.27. The molecular weight excluding hydrogens is 413 g/mol. The lowest BCUT2D eigenvalue weighted by Gasteiger charge is -2.16. The number of aromatic nitrogens is 2. The highest BCUT2D eigenvalue weighted by Gasteiger charge is 2.15. The number of hydrogen-bond acceptors (Lipinski definition) is 2. The number of nitrogens with zero attached hydrogens (tertiary/aromatic N) is 3. The fraction of sp³-hybridized carbons (Fsp3) is 0.444. The average molecular weight is 439 g/mol. The van der Waals surface area contributed by atoms with E-state index in [-0.39, 0.29) is 24.0 Å². The molecular formula is C18H26IN5. The van der Waals surface area contributed by atoms with Crippen LogP contribution < -0.4 is 10.6 Å². The first kappa shape index (κ1) is 18.8. The van der Waals surface area contributed by atoms with Crippen molar-refractivity contribution in [3.05, 3.63) is 48.3 Å². The average Bonchev–Trinajstić information content (AvgIpc) is 3.27. The zero-order chi connectivity index (χ0) is 15.9. The lowest BCUT2D eigenvalue weighted by molar-refractivity contribution is 0.614. The Labute approximate surface area is 161 Å².